The molecule has 190 valence electrons. The molecule has 7 nitrogen and oxygen atoms in total. The smallest absolute Gasteiger partial charge is 0.339 e. The monoisotopic (exact) mass is 611 g/mol. The summed E-state index contributed by atoms with van der Waals surface area (Å²) in [5.41, 5.74) is 2.43. The third-order valence-electron chi connectivity index (χ3n) is 6.43. The Labute approximate surface area is 228 Å². The van der Waals surface area contributed by atoms with Crippen molar-refractivity contribution in [2.45, 2.75) is 30.5 Å². The van der Waals surface area contributed by atoms with Gasteiger partial charge in [0.1, 0.15) is 18.3 Å². The fourth-order valence-electron chi connectivity index (χ4n) is 4.70. The number of ether oxygens (including phenoxy) is 3. The average Bonchev–Trinajstić information content (AvgIpc) is 3.34. The number of rotatable bonds is 7. The van der Waals surface area contributed by atoms with Crippen LogP contribution in [0.2, 0.25) is 0 Å². The molecule has 0 unspecified atom stereocenters. The highest BCUT2D eigenvalue weighted by Gasteiger charge is 2.54. The van der Waals surface area contributed by atoms with Crippen LogP contribution in [0, 0.1) is 3.57 Å². The van der Waals surface area contributed by atoms with Gasteiger partial charge in [0, 0.05) is 33.2 Å². The molecule has 1 aliphatic carbocycles. The van der Waals surface area contributed by atoms with E-state index in [0.29, 0.717) is 11.1 Å². The van der Waals surface area contributed by atoms with Crippen LogP contribution in [0.5, 0.6) is 0 Å². The first kappa shape index (κ1) is 25.6. The van der Waals surface area contributed by atoms with Gasteiger partial charge in [-0.3, -0.25) is 4.79 Å². The summed E-state index contributed by atoms with van der Waals surface area (Å²) in [5.74, 6) is -2.09. The third kappa shape index (κ3) is 5.19. The second-order valence-electron chi connectivity index (χ2n) is 8.81. The first-order chi connectivity index (χ1) is 18.0. The van der Waals surface area contributed by atoms with E-state index in [1.54, 1.807) is 18.2 Å². The van der Waals surface area contributed by atoms with E-state index in [2.05, 4.69) is 27.9 Å². The summed E-state index contributed by atoms with van der Waals surface area (Å²) in [5, 5.41) is 11.8. The minimum atomic E-state index is -1.25. The Morgan fingerprint density at radius 2 is 1.57 bits per heavy atom. The zero-order valence-electron chi connectivity index (χ0n) is 19.9. The van der Waals surface area contributed by atoms with Crippen LogP contribution in [0.15, 0.2) is 96.6 Å². The van der Waals surface area contributed by atoms with Crippen molar-refractivity contribution in [3.05, 3.63) is 117 Å². The molecular formula is C29H26INO6. The molecule has 1 saturated heterocycles. The zero-order chi connectivity index (χ0) is 25.8. The SMILES string of the molecule is O=C(NCCO)C1=C[C@H]2OC(c3ccccc3)(c3ccccc3)O[C@H]2[C@H](OC(=O)c2ccccc2I)C1. The fraction of sp³-hybridized carbons (Fsp3) is 0.241. The first-order valence-electron chi connectivity index (χ1n) is 12.0. The Morgan fingerprint density at radius 3 is 2.19 bits per heavy atom. The van der Waals surface area contributed by atoms with Crippen molar-refractivity contribution in [2.24, 2.45) is 0 Å². The van der Waals surface area contributed by atoms with Crippen molar-refractivity contribution in [3.8, 4) is 0 Å². The summed E-state index contributed by atoms with van der Waals surface area (Å²) in [6, 6.07) is 26.3. The highest BCUT2D eigenvalue weighted by molar-refractivity contribution is 14.1. The van der Waals surface area contributed by atoms with Gasteiger partial charge in [-0.1, -0.05) is 72.8 Å². The number of halogens is 1. The van der Waals surface area contributed by atoms with E-state index in [4.69, 9.17) is 19.3 Å². The lowest BCUT2D eigenvalue weighted by Gasteiger charge is -2.31. The van der Waals surface area contributed by atoms with Crippen molar-refractivity contribution < 1.29 is 28.9 Å². The van der Waals surface area contributed by atoms with E-state index in [1.165, 1.54) is 0 Å². The molecule has 8 heteroatoms. The van der Waals surface area contributed by atoms with Crippen LogP contribution in [0.3, 0.4) is 0 Å². The van der Waals surface area contributed by atoms with Gasteiger partial charge in [-0.15, -0.1) is 0 Å². The number of carbonyl (C=O) groups is 2. The maximum atomic E-state index is 13.2. The average molecular weight is 611 g/mol. The second kappa shape index (κ2) is 11.1. The Bertz CT molecular complexity index is 1260. The number of hydrogen-bond acceptors (Lipinski definition) is 6. The van der Waals surface area contributed by atoms with Gasteiger partial charge >= 0.3 is 5.97 Å². The van der Waals surface area contributed by atoms with Crippen LogP contribution < -0.4 is 5.32 Å². The van der Waals surface area contributed by atoms with E-state index in [-0.39, 0.29) is 25.5 Å². The topological polar surface area (TPSA) is 94.1 Å². The molecule has 5 rings (SSSR count). The van der Waals surface area contributed by atoms with Gasteiger partial charge < -0.3 is 24.6 Å². The number of fused-ring (bicyclic) bond motifs is 1. The molecule has 0 saturated carbocycles. The highest BCUT2D eigenvalue weighted by atomic mass is 127. The summed E-state index contributed by atoms with van der Waals surface area (Å²) >= 11 is 2.10. The molecule has 0 bridgehead atoms. The number of aliphatic hydroxyl groups is 1. The molecule has 0 radical (unpaired) electrons. The zero-order valence-corrected chi connectivity index (χ0v) is 22.0. The number of hydrogen-bond donors (Lipinski definition) is 2. The minimum absolute atomic E-state index is 0.117. The molecule has 1 amide bonds. The normalized spacial score (nSPS) is 22.0. The molecule has 3 aromatic rings. The number of aliphatic hydroxyl groups excluding tert-OH is 1. The Morgan fingerprint density at radius 1 is 0.946 bits per heavy atom. The number of carbonyl (C=O) groups excluding carboxylic acids is 2. The van der Waals surface area contributed by atoms with Crippen LogP contribution in [0.1, 0.15) is 27.9 Å². The van der Waals surface area contributed by atoms with E-state index in [1.807, 2.05) is 72.8 Å². The molecular weight excluding hydrogens is 585 g/mol. The summed E-state index contributed by atoms with van der Waals surface area (Å²) in [7, 11) is 0. The number of amides is 1. The van der Waals surface area contributed by atoms with Crippen LogP contribution >= 0.6 is 22.6 Å². The van der Waals surface area contributed by atoms with Crippen molar-refractivity contribution in [3.63, 3.8) is 0 Å². The predicted molar refractivity (Wildman–Crippen MR) is 145 cm³/mol. The van der Waals surface area contributed by atoms with Crippen molar-refractivity contribution in [1.29, 1.82) is 0 Å². The number of nitrogens with one attached hydrogen (secondary N) is 1. The lowest BCUT2D eigenvalue weighted by molar-refractivity contribution is -0.157. The molecule has 1 heterocycles. The van der Waals surface area contributed by atoms with E-state index in [9.17, 15) is 9.59 Å². The predicted octanol–water partition coefficient (Wildman–Crippen LogP) is 3.94. The van der Waals surface area contributed by atoms with Gasteiger partial charge in [-0.25, -0.2) is 4.79 Å². The standard InChI is InChI=1S/C29H26INO6/c30-23-14-8-7-13-22(23)28(34)35-24-17-19(27(33)31-15-16-32)18-25-26(24)37-29(36-25,20-9-3-1-4-10-20)21-11-5-2-6-12-21/h1-14,18,24-26,32H,15-17H2,(H,31,33)/t24-,25-,26+/m1/s1. The number of benzene rings is 3. The summed E-state index contributed by atoms with van der Waals surface area (Å²) in [4.78, 5) is 26.1. The molecule has 1 fully saturated rings. The lowest BCUT2D eigenvalue weighted by Crippen LogP contribution is -2.43. The Kier molecular flexibility index (Phi) is 7.71. The summed E-state index contributed by atoms with van der Waals surface area (Å²) < 4.78 is 20.1. The van der Waals surface area contributed by atoms with Gasteiger partial charge in [0.2, 0.25) is 11.7 Å². The van der Waals surface area contributed by atoms with Gasteiger partial charge in [-0.05, 0) is 40.8 Å². The van der Waals surface area contributed by atoms with Gasteiger partial charge in [-0.2, -0.15) is 0 Å². The van der Waals surface area contributed by atoms with Crippen molar-refractivity contribution in [1.82, 2.24) is 5.32 Å². The van der Waals surface area contributed by atoms with Crippen molar-refractivity contribution >= 4 is 34.5 Å². The van der Waals surface area contributed by atoms with Gasteiger partial charge in [0.25, 0.3) is 0 Å². The molecule has 0 spiro atoms. The Balaban J connectivity index is 1.53. The van der Waals surface area contributed by atoms with Gasteiger partial charge in [0.05, 0.1) is 12.2 Å². The van der Waals surface area contributed by atoms with Crippen molar-refractivity contribution in [2.75, 3.05) is 13.2 Å². The quantitative estimate of drug-likeness (QED) is 0.311. The second-order valence-corrected chi connectivity index (χ2v) is 9.97. The first-order valence-corrected chi connectivity index (χ1v) is 13.1. The summed E-state index contributed by atoms with van der Waals surface area (Å²) in [6.07, 6.45) is -0.197. The molecule has 3 aromatic carbocycles. The van der Waals surface area contributed by atoms with Crippen LogP contribution in [0.25, 0.3) is 0 Å². The van der Waals surface area contributed by atoms with Crippen LogP contribution in [0.4, 0.5) is 0 Å². The van der Waals surface area contributed by atoms with E-state index < -0.39 is 30.1 Å². The van der Waals surface area contributed by atoms with E-state index in [0.717, 1.165) is 14.7 Å². The molecule has 3 atom stereocenters. The minimum Gasteiger partial charge on any atom is -0.455 e. The fourth-order valence-corrected chi connectivity index (χ4v) is 5.31. The Hall–Kier alpha value is -3.05. The maximum Gasteiger partial charge on any atom is 0.339 e. The maximum absolute atomic E-state index is 13.2. The van der Waals surface area contributed by atoms with Gasteiger partial charge in [0.15, 0.2) is 0 Å². The molecule has 2 aliphatic rings. The molecule has 37 heavy (non-hydrogen) atoms. The lowest BCUT2D eigenvalue weighted by atomic mass is 9.91. The third-order valence-corrected chi connectivity index (χ3v) is 7.37. The summed E-state index contributed by atoms with van der Waals surface area (Å²) in [6.45, 7) is -0.0626. The largest absolute Gasteiger partial charge is 0.455 e. The van der Waals surface area contributed by atoms with Crippen LogP contribution in [-0.4, -0.2) is 48.4 Å². The van der Waals surface area contributed by atoms with Crippen LogP contribution in [-0.2, 0) is 24.8 Å². The highest BCUT2D eigenvalue weighted by Crippen LogP contribution is 2.47. The molecule has 1 aliphatic heterocycles. The number of esters is 1. The molecule has 0 aromatic heterocycles. The molecule has 2 N–H and O–H groups in total. The van der Waals surface area contributed by atoms with E-state index >= 15 is 0 Å².